The van der Waals surface area contributed by atoms with Crippen LogP contribution in [0.3, 0.4) is 0 Å². The molecule has 0 fully saturated rings. The molecule has 146 valence electrons. The molecule has 1 atom stereocenters. The molecular weight excluding hydrogens is 336 g/mol. The highest BCUT2D eigenvalue weighted by Gasteiger charge is 2.23. The molecule has 2 aromatic carbocycles. The van der Waals surface area contributed by atoms with E-state index in [0.717, 1.165) is 12.2 Å². The summed E-state index contributed by atoms with van der Waals surface area (Å²) in [7, 11) is 0. The van der Waals surface area contributed by atoms with Gasteiger partial charge in [-0.3, -0.25) is 4.79 Å². The SMILES string of the molecule is CCC(C)(C)Oc1ccc([C@@H](C)c2ccc(OC(=O)C(C)(C)C)cc2)cc1. The Morgan fingerprint density at radius 3 is 1.70 bits per heavy atom. The minimum absolute atomic E-state index is 0.159. The van der Waals surface area contributed by atoms with Gasteiger partial charge in [-0.2, -0.15) is 0 Å². The summed E-state index contributed by atoms with van der Waals surface area (Å²) in [6.45, 7) is 14.0. The summed E-state index contributed by atoms with van der Waals surface area (Å²) in [6, 6.07) is 16.0. The predicted molar refractivity (Wildman–Crippen MR) is 110 cm³/mol. The quantitative estimate of drug-likeness (QED) is 0.440. The summed E-state index contributed by atoms with van der Waals surface area (Å²) in [5.74, 6) is 1.48. The predicted octanol–water partition coefficient (Wildman–Crippen LogP) is 6.36. The van der Waals surface area contributed by atoms with Gasteiger partial charge in [0.1, 0.15) is 17.1 Å². The third-order valence-corrected chi connectivity index (χ3v) is 4.83. The summed E-state index contributed by atoms with van der Waals surface area (Å²) < 4.78 is 11.5. The van der Waals surface area contributed by atoms with Crippen molar-refractivity contribution in [2.75, 3.05) is 0 Å². The van der Waals surface area contributed by atoms with E-state index in [1.54, 1.807) is 0 Å². The van der Waals surface area contributed by atoms with Crippen LogP contribution in [-0.4, -0.2) is 11.6 Å². The maximum atomic E-state index is 12.0. The van der Waals surface area contributed by atoms with Crippen molar-refractivity contribution in [2.24, 2.45) is 5.41 Å². The Kier molecular flexibility index (Phi) is 6.35. The molecule has 0 saturated carbocycles. The number of rotatable bonds is 6. The fraction of sp³-hybridized carbons (Fsp3) is 0.458. The lowest BCUT2D eigenvalue weighted by Gasteiger charge is -2.25. The van der Waals surface area contributed by atoms with Crippen molar-refractivity contribution in [1.29, 1.82) is 0 Å². The molecule has 0 bridgehead atoms. The van der Waals surface area contributed by atoms with Crippen LogP contribution in [0, 0.1) is 5.41 Å². The Morgan fingerprint density at radius 2 is 1.30 bits per heavy atom. The van der Waals surface area contributed by atoms with E-state index < -0.39 is 5.41 Å². The minimum Gasteiger partial charge on any atom is -0.488 e. The monoisotopic (exact) mass is 368 g/mol. The van der Waals surface area contributed by atoms with E-state index >= 15 is 0 Å². The molecule has 3 nitrogen and oxygen atoms in total. The van der Waals surface area contributed by atoms with Crippen LogP contribution in [0.2, 0.25) is 0 Å². The average Bonchev–Trinajstić information content (AvgIpc) is 2.61. The van der Waals surface area contributed by atoms with Gasteiger partial charge in [0.25, 0.3) is 0 Å². The largest absolute Gasteiger partial charge is 0.488 e. The highest BCUT2D eigenvalue weighted by molar-refractivity contribution is 5.77. The van der Waals surface area contributed by atoms with Gasteiger partial charge < -0.3 is 9.47 Å². The Balaban J connectivity index is 2.07. The van der Waals surface area contributed by atoms with Crippen LogP contribution >= 0.6 is 0 Å². The zero-order valence-corrected chi connectivity index (χ0v) is 17.6. The number of esters is 1. The van der Waals surface area contributed by atoms with E-state index in [1.807, 2.05) is 57.2 Å². The Labute approximate surface area is 163 Å². The van der Waals surface area contributed by atoms with Crippen molar-refractivity contribution < 1.29 is 14.3 Å². The molecule has 3 heteroatoms. The van der Waals surface area contributed by atoms with Crippen LogP contribution in [0.25, 0.3) is 0 Å². The van der Waals surface area contributed by atoms with Gasteiger partial charge in [0.2, 0.25) is 0 Å². The lowest BCUT2D eigenvalue weighted by Crippen LogP contribution is -2.26. The van der Waals surface area contributed by atoms with Crippen LogP contribution in [0.1, 0.15) is 71.9 Å². The van der Waals surface area contributed by atoms with Crippen LogP contribution in [-0.2, 0) is 4.79 Å². The zero-order valence-electron chi connectivity index (χ0n) is 17.6. The summed E-state index contributed by atoms with van der Waals surface area (Å²) in [5.41, 5.74) is 1.72. The molecule has 2 rings (SSSR count). The smallest absolute Gasteiger partial charge is 0.316 e. The van der Waals surface area contributed by atoms with Crippen molar-refractivity contribution in [2.45, 2.75) is 66.4 Å². The molecule has 27 heavy (non-hydrogen) atoms. The molecule has 0 aliphatic heterocycles. The first kappa shape index (κ1) is 21.0. The van der Waals surface area contributed by atoms with E-state index in [4.69, 9.17) is 9.47 Å². The average molecular weight is 369 g/mol. The van der Waals surface area contributed by atoms with Gasteiger partial charge in [-0.15, -0.1) is 0 Å². The van der Waals surface area contributed by atoms with Crippen molar-refractivity contribution in [3.8, 4) is 11.5 Å². The van der Waals surface area contributed by atoms with Gasteiger partial charge in [-0.05, 0) is 76.4 Å². The molecular formula is C24H32O3. The zero-order chi connectivity index (χ0) is 20.2. The second kappa shape index (κ2) is 8.16. The number of benzene rings is 2. The minimum atomic E-state index is -0.512. The van der Waals surface area contributed by atoms with E-state index in [0.29, 0.717) is 5.75 Å². The molecule has 0 aliphatic carbocycles. The number of carbonyl (C=O) groups is 1. The van der Waals surface area contributed by atoms with Crippen LogP contribution in [0.5, 0.6) is 11.5 Å². The first-order valence-corrected chi connectivity index (χ1v) is 9.63. The summed E-state index contributed by atoms with van der Waals surface area (Å²) in [5, 5.41) is 0. The molecule has 0 radical (unpaired) electrons. The van der Waals surface area contributed by atoms with Crippen molar-refractivity contribution in [3.63, 3.8) is 0 Å². The number of hydrogen-bond acceptors (Lipinski definition) is 3. The highest BCUT2D eigenvalue weighted by atomic mass is 16.5. The molecule has 0 unspecified atom stereocenters. The number of carbonyl (C=O) groups excluding carboxylic acids is 1. The molecule has 2 aromatic rings. The normalized spacial score (nSPS) is 13.1. The van der Waals surface area contributed by atoms with Crippen molar-refractivity contribution in [3.05, 3.63) is 59.7 Å². The molecule has 0 heterocycles. The van der Waals surface area contributed by atoms with Crippen LogP contribution < -0.4 is 9.47 Å². The van der Waals surface area contributed by atoms with Crippen molar-refractivity contribution >= 4 is 5.97 Å². The van der Waals surface area contributed by atoms with Gasteiger partial charge in [0.05, 0.1) is 5.41 Å². The Morgan fingerprint density at radius 1 is 0.852 bits per heavy atom. The Hall–Kier alpha value is -2.29. The van der Waals surface area contributed by atoms with Gasteiger partial charge in [-0.1, -0.05) is 38.1 Å². The number of hydrogen-bond donors (Lipinski definition) is 0. The summed E-state index contributed by atoms with van der Waals surface area (Å²) in [6.07, 6.45) is 0.956. The van der Waals surface area contributed by atoms with Gasteiger partial charge >= 0.3 is 5.97 Å². The Bertz CT molecular complexity index is 750. The van der Waals surface area contributed by atoms with Gasteiger partial charge in [0.15, 0.2) is 0 Å². The van der Waals surface area contributed by atoms with Gasteiger partial charge in [-0.25, -0.2) is 0 Å². The molecule has 0 saturated heterocycles. The molecule has 0 aliphatic rings. The lowest BCUT2D eigenvalue weighted by molar-refractivity contribution is -0.142. The van der Waals surface area contributed by atoms with E-state index in [9.17, 15) is 4.79 Å². The first-order chi connectivity index (χ1) is 12.5. The van der Waals surface area contributed by atoms with Crippen LogP contribution in [0.4, 0.5) is 0 Å². The van der Waals surface area contributed by atoms with E-state index in [2.05, 4.69) is 39.8 Å². The molecule has 0 spiro atoms. The number of ether oxygens (including phenoxy) is 2. The fourth-order valence-electron chi connectivity index (χ4n) is 2.49. The van der Waals surface area contributed by atoms with Crippen LogP contribution in [0.15, 0.2) is 48.5 Å². The molecule has 0 amide bonds. The maximum Gasteiger partial charge on any atom is 0.316 e. The van der Waals surface area contributed by atoms with Crippen molar-refractivity contribution in [1.82, 2.24) is 0 Å². The maximum absolute atomic E-state index is 12.0. The molecule has 0 N–H and O–H groups in total. The second-order valence-electron chi connectivity index (χ2n) is 8.71. The lowest BCUT2D eigenvalue weighted by atomic mass is 9.93. The summed E-state index contributed by atoms with van der Waals surface area (Å²) >= 11 is 0. The van der Waals surface area contributed by atoms with Gasteiger partial charge in [0, 0.05) is 5.92 Å². The second-order valence-corrected chi connectivity index (χ2v) is 8.71. The third kappa shape index (κ3) is 5.85. The van der Waals surface area contributed by atoms with E-state index in [-0.39, 0.29) is 17.5 Å². The third-order valence-electron chi connectivity index (χ3n) is 4.83. The summed E-state index contributed by atoms with van der Waals surface area (Å²) in [4.78, 5) is 12.0. The fourth-order valence-corrected chi connectivity index (χ4v) is 2.49. The standard InChI is InChI=1S/C24H32O3/c1-8-24(6,7)27-21-15-11-19(12-16-21)17(2)18-9-13-20(14-10-18)26-22(25)23(3,4)5/h9-17H,8H2,1-7H3/t17-/m0/s1. The molecule has 0 aromatic heterocycles. The van der Waals surface area contributed by atoms with E-state index in [1.165, 1.54) is 11.1 Å². The topological polar surface area (TPSA) is 35.5 Å². The highest BCUT2D eigenvalue weighted by Crippen LogP contribution is 2.29. The first-order valence-electron chi connectivity index (χ1n) is 9.63.